The fourth-order valence-corrected chi connectivity index (χ4v) is 3.11. The summed E-state index contributed by atoms with van der Waals surface area (Å²) in [5.41, 5.74) is 1.23. The first-order valence-corrected chi connectivity index (χ1v) is 8.81. The predicted octanol–water partition coefficient (Wildman–Crippen LogP) is 2.09. The molecule has 0 saturated carbocycles. The van der Waals surface area contributed by atoms with Crippen molar-refractivity contribution in [3.63, 3.8) is 0 Å². The van der Waals surface area contributed by atoms with Crippen molar-refractivity contribution in [1.29, 1.82) is 0 Å². The number of carbonyl (C=O) groups excluding carboxylic acids is 1. The van der Waals surface area contributed by atoms with Gasteiger partial charge >= 0.3 is 0 Å². The Morgan fingerprint density at radius 1 is 1.17 bits per heavy atom. The minimum absolute atomic E-state index is 0.00207. The highest BCUT2D eigenvalue weighted by atomic mass is 32.2. The molecule has 0 heterocycles. The second kappa shape index (κ2) is 7.77. The van der Waals surface area contributed by atoms with E-state index in [-0.39, 0.29) is 29.0 Å². The number of benzene rings is 2. The Morgan fingerprint density at radius 3 is 2.54 bits per heavy atom. The van der Waals surface area contributed by atoms with Crippen molar-refractivity contribution in [2.75, 3.05) is 6.54 Å². The van der Waals surface area contributed by atoms with Crippen molar-refractivity contribution >= 4 is 15.9 Å². The van der Waals surface area contributed by atoms with Crippen LogP contribution in [0.25, 0.3) is 0 Å². The Bertz CT molecular complexity index is 855. The topological polar surface area (TPSA) is 75.3 Å². The Labute approximate surface area is 142 Å². The van der Waals surface area contributed by atoms with E-state index in [1.54, 1.807) is 6.07 Å². The van der Waals surface area contributed by atoms with Crippen LogP contribution in [0, 0.1) is 12.3 Å². The van der Waals surface area contributed by atoms with Gasteiger partial charge < -0.3 is 5.32 Å². The van der Waals surface area contributed by atoms with Crippen LogP contribution in [0.2, 0.25) is 0 Å². The molecule has 0 aliphatic carbocycles. The van der Waals surface area contributed by atoms with Crippen molar-refractivity contribution in [3.8, 4) is 12.3 Å². The molecule has 5 nitrogen and oxygen atoms in total. The van der Waals surface area contributed by atoms with Gasteiger partial charge in [-0.3, -0.25) is 4.79 Å². The van der Waals surface area contributed by atoms with Crippen molar-refractivity contribution in [2.24, 2.45) is 0 Å². The quantitative estimate of drug-likeness (QED) is 0.789. The van der Waals surface area contributed by atoms with Gasteiger partial charge in [-0.2, -0.15) is 4.72 Å². The van der Waals surface area contributed by atoms with Gasteiger partial charge in [-0.05, 0) is 30.7 Å². The number of hydrogen-bond donors (Lipinski definition) is 2. The summed E-state index contributed by atoms with van der Waals surface area (Å²) in [6, 6.07) is 15.1. The third kappa shape index (κ3) is 4.44. The van der Waals surface area contributed by atoms with Gasteiger partial charge in [0, 0.05) is 5.56 Å². The van der Waals surface area contributed by atoms with Crippen molar-refractivity contribution in [1.82, 2.24) is 10.0 Å². The van der Waals surface area contributed by atoms with Crippen molar-refractivity contribution in [2.45, 2.75) is 17.9 Å². The molecule has 0 aliphatic heterocycles. The molecular formula is C18H18N2O3S. The largest absolute Gasteiger partial charge is 0.346 e. The first-order chi connectivity index (χ1) is 11.4. The van der Waals surface area contributed by atoms with E-state index in [9.17, 15) is 13.2 Å². The van der Waals surface area contributed by atoms with E-state index in [1.165, 1.54) is 18.2 Å². The minimum Gasteiger partial charge on any atom is -0.346 e. The molecule has 2 aromatic carbocycles. The Morgan fingerprint density at radius 2 is 1.88 bits per heavy atom. The molecule has 0 fully saturated rings. The molecule has 0 bridgehead atoms. The van der Waals surface area contributed by atoms with Gasteiger partial charge in [0.05, 0.1) is 17.5 Å². The first kappa shape index (κ1) is 17.7. The average Bonchev–Trinajstić information content (AvgIpc) is 2.61. The molecule has 0 aromatic heterocycles. The molecule has 1 unspecified atom stereocenters. The smallest absolute Gasteiger partial charge is 0.251 e. The van der Waals surface area contributed by atoms with E-state index >= 15 is 0 Å². The van der Waals surface area contributed by atoms with Crippen LogP contribution >= 0.6 is 0 Å². The molecule has 1 amide bonds. The number of rotatable bonds is 6. The van der Waals surface area contributed by atoms with Crippen LogP contribution in [0.3, 0.4) is 0 Å². The number of carbonyl (C=O) groups is 1. The van der Waals surface area contributed by atoms with Gasteiger partial charge in [0.2, 0.25) is 10.0 Å². The Hall–Kier alpha value is -2.62. The zero-order valence-electron chi connectivity index (χ0n) is 13.2. The average molecular weight is 342 g/mol. The predicted molar refractivity (Wildman–Crippen MR) is 92.8 cm³/mol. The normalized spacial score (nSPS) is 12.2. The van der Waals surface area contributed by atoms with E-state index in [2.05, 4.69) is 16.0 Å². The lowest BCUT2D eigenvalue weighted by molar-refractivity contribution is 0.0939. The molecule has 0 aliphatic rings. The summed E-state index contributed by atoms with van der Waals surface area (Å²) in [4.78, 5) is 12.4. The van der Waals surface area contributed by atoms with Crippen LogP contribution in [0.5, 0.6) is 0 Å². The van der Waals surface area contributed by atoms with Crippen LogP contribution < -0.4 is 10.0 Å². The summed E-state index contributed by atoms with van der Waals surface area (Å²) in [5.74, 6) is 1.86. The molecule has 0 saturated heterocycles. The molecular weight excluding hydrogens is 324 g/mol. The molecule has 6 heteroatoms. The third-order valence-electron chi connectivity index (χ3n) is 3.42. The maximum Gasteiger partial charge on any atom is 0.251 e. The van der Waals surface area contributed by atoms with Crippen LogP contribution in [0.15, 0.2) is 59.5 Å². The maximum atomic E-state index is 12.4. The van der Waals surface area contributed by atoms with Gasteiger partial charge in [0.1, 0.15) is 0 Å². The molecule has 0 spiro atoms. The van der Waals surface area contributed by atoms with E-state index in [0.29, 0.717) is 0 Å². The molecule has 2 N–H and O–H groups in total. The van der Waals surface area contributed by atoms with E-state index in [1.807, 2.05) is 37.3 Å². The van der Waals surface area contributed by atoms with Crippen molar-refractivity contribution < 1.29 is 13.2 Å². The summed E-state index contributed by atoms with van der Waals surface area (Å²) < 4.78 is 26.4. The summed E-state index contributed by atoms with van der Waals surface area (Å²) >= 11 is 0. The van der Waals surface area contributed by atoms with Crippen molar-refractivity contribution in [3.05, 3.63) is 65.7 Å². The lowest BCUT2D eigenvalue weighted by Gasteiger charge is -2.14. The van der Waals surface area contributed by atoms with Crippen LogP contribution in [0.1, 0.15) is 28.9 Å². The van der Waals surface area contributed by atoms with Crippen LogP contribution in [0.4, 0.5) is 0 Å². The summed E-state index contributed by atoms with van der Waals surface area (Å²) in [6.07, 6.45) is 5.06. The molecule has 2 aromatic rings. The van der Waals surface area contributed by atoms with E-state index < -0.39 is 10.0 Å². The SMILES string of the molecule is C#CCNS(=O)(=O)c1cccc(C(=O)NC(C)c2ccccc2)c1. The molecule has 2 rings (SSSR count). The number of sulfonamides is 1. The highest BCUT2D eigenvalue weighted by Gasteiger charge is 2.16. The summed E-state index contributed by atoms with van der Waals surface area (Å²) in [6.45, 7) is 1.76. The number of hydrogen-bond acceptors (Lipinski definition) is 3. The number of terminal acetylenes is 1. The maximum absolute atomic E-state index is 12.4. The van der Waals surface area contributed by atoms with Crippen LogP contribution in [-0.2, 0) is 10.0 Å². The lowest BCUT2D eigenvalue weighted by atomic mass is 10.1. The fraction of sp³-hybridized carbons (Fsp3) is 0.167. The second-order valence-electron chi connectivity index (χ2n) is 5.16. The Balaban J connectivity index is 2.16. The zero-order valence-corrected chi connectivity index (χ0v) is 14.0. The van der Waals surface area contributed by atoms with Gasteiger partial charge in [-0.25, -0.2) is 8.42 Å². The Kier molecular flexibility index (Phi) is 5.74. The number of amides is 1. The highest BCUT2D eigenvalue weighted by Crippen LogP contribution is 2.15. The number of nitrogens with one attached hydrogen (secondary N) is 2. The summed E-state index contributed by atoms with van der Waals surface area (Å²) in [5, 5.41) is 2.85. The molecule has 24 heavy (non-hydrogen) atoms. The van der Waals surface area contributed by atoms with Gasteiger partial charge in [-0.1, -0.05) is 42.3 Å². The first-order valence-electron chi connectivity index (χ1n) is 7.33. The zero-order chi connectivity index (χ0) is 17.6. The summed E-state index contributed by atoms with van der Waals surface area (Å²) in [7, 11) is -3.73. The second-order valence-corrected chi connectivity index (χ2v) is 6.93. The van der Waals surface area contributed by atoms with Gasteiger partial charge in [0.15, 0.2) is 0 Å². The minimum atomic E-state index is -3.73. The van der Waals surface area contributed by atoms with Crippen LogP contribution in [-0.4, -0.2) is 20.9 Å². The fourth-order valence-electron chi connectivity index (χ4n) is 2.13. The highest BCUT2D eigenvalue weighted by molar-refractivity contribution is 7.89. The molecule has 1 atom stereocenters. The monoisotopic (exact) mass is 342 g/mol. The van der Waals surface area contributed by atoms with Gasteiger partial charge in [-0.15, -0.1) is 6.42 Å². The van der Waals surface area contributed by atoms with E-state index in [0.717, 1.165) is 5.56 Å². The van der Waals surface area contributed by atoms with E-state index in [4.69, 9.17) is 6.42 Å². The standard InChI is InChI=1S/C18H18N2O3S/c1-3-12-19-24(22,23)17-11-7-10-16(13-17)18(21)20-14(2)15-8-5-4-6-9-15/h1,4-11,13-14,19H,12H2,2H3,(H,20,21). The molecule has 0 radical (unpaired) electrons. The van der Waals surface area contributed by atoms with Gasteiger partial charge in [0.25, 0.3) is 5.91 Å². The lowest BCUT2D eigenvalue weighted by Crippen LogP contribution is -2.27. The molecule has 124 valence electrons. The third-order valence-corrected chi connectivity index (χ3v) is 4.82.